The molecule has 5 rings (SSSR count). The fraction of sp³-hybridized carbons (Fsp3) is 0.500. The molecule has 0 unspecified atom stereocenters. The number of benzene rings is 1. The highest BCUT2D eigenvalue weighted by molar-refractivity contribution is 7.57. The van der Waals surface area contributed by atoms with Crippen LogP contribution in [-0.2, 0) is 20.3 Å². The van der Waals surface area contributed by atoms with Crippen molar-refractivity contribution >= 4 is 53.4 Å². The Morgan fingerprint density at radius 3 is 2.28 bits per heavy atom. The average molecular weight is 643 g/mol. The minimum atomic E-state index is -2.64. The van der Waals surface area contributed by atoms with E-state index in [1.165, 1.54) is 22.7 Å². The van der Waals surface area contributed by atoms with Gasteiger partial charge in [0.15, 0.2) is 13.2 Å². The summed E-state index contributed by atoms with van der Waals surface area (Å²) in [5.74, 6) is -0.632. The minimum absolute atomic E-state index is 0.00988. The number of Topliss-reactive ketones (excluding diaryl/α,β-unsaturated/α-hetero) is 1. The second-order valence-corrected chi connectivity index (χ2v) is 16.7. The van der Waals surface area contributed by atoms with Gasteiger partial charge in [0.05, 0.1) is 17.3 Å². The molecule has 0 aliphatic heterocycles. The molecule has 0 bridgehead atoms. The van der Waals surface area contributed by atoms with Crippen molar-refractivity contribution in [2.75, 3.05) is 18.2 Å². The lowest BCUT2D eigenvalue weighted by molar-refractivity contribution is -0.124. The molecule has 1 N–H and O–H groups in total. The van der Waals surface area contributed by atoms with Gasteiger partial charge < -0.3 is 14.5 Å². The number of thiazole rings is 1. The van der Waals surface area contributed by atoms with E-state index in [1.54, 1.807) is 29.1 Å². The predicted octanol–water partition coefficient (Wildman–Crippen LogP) is 8.02. The second kappa shape index (κ2) is 13.6. The first kappa shape index (κ1) is 31.8. The second-order valence-electron chi connectivity index (χ2n) is 12.3. The van der Waals surface area contributed by atoms with E-state index in [4.69, 9.17) is 4.52 Å². The largest absolute Gasteiger partial charge is 0.477 e. The molecule has 2 heterocycles. The molecule has 0 atom stereocenters. The number of thiophene rings is 1. The monoisotopic (exact) mass is 642 g/mol. The summed E-state index contributed by atoms with van der Waals surface area (Å²) >= 11 is 2.56. The van der Waals surface area contributed by atoms with Crippen molar-refractivity contribution < 1.29 is 28.6 Å². The van der Waals surface area contributed by atoms with E-state index < -0.39 is 13.3 Å². The summed E-state index contributed by atoms with van der Waals surface area (Å²) in [7, 11) is -2.64. The van der Waals surface area contributed by atoms with Crippen molar-refractivity contribution in [1.29, 1.82) is 0 Å². The van der Waals surface area contributed by atoms with Gasteiger partial charge in [-0.2, -0.15) is 0 Å². The third-order valence-corrected chi connectivity index (χ3v) is 11.1. The molecule has 0 radical (unpaired) electrons. The molecule has 2 aromatic heterocycles. The molecule has 2 saturated carbocycles. The lowest BCUT2D eigenvalue weighted by Gasteiger charge is -2.39. The van der Waals surface area contributed by atoms with Gasteiger partial charge in [0.2, 0.25) is 5.91 Å². The van der Waals surface area contributed by atoms with Gasteiger partial charge in [-0.1, -0.05) is 31.2 Å². The SMILES string of the molecule is CC1CCC(C(=O)N(c2cc(-c3ccc(CC(=O)c4cscn4)cc3)sc2C(=O)O)C2CCC(OP(C)(C)=O)CC2)CC1. The standard InChI is InChI=1S/C32H39N2O6PS2/c1-20-4-8-23(9-5-20)31(36)34(24-12-14-25(15-13-24)40-41(2,3)39)27-17-29(43-30(27)32(37)38)22-10-6-21(7-11-22)16-28(35)26-18-42-19-33-26/h6-7,10-11,17-20,23-25H,4-5,8-9,12-16H2,1-3H3,(H,37,38). The molecule has 3 aromatic rings. The molecular formula is C32H39N2O6PS2. The first-order valence-corrected chi connectivity index (χ1v) is 19.2. The van der Waals surface area contributed by atoms with Crippen molar-refractivity contribution in [3.05, 3.63) is 57.4 Å². The molecule has 230 valence electrons. The molecule has 1 amide bonds. The summed E-state index contributed by atoms with van der Waals surface area (Å²) in [5, 5.41) is 12.0. The smallest absolute Gasteiger partial charge is 0.348 e. The number of aromatic nitrogens is 1. The Kier molecular flexibility index (Phi) is 10.0. The van der Waals surface area contributed by atoms with Gasteiger partial charge in [-0.15, -0.1) is 22.7 Å². The minimum Gasteiger partial charge on any atom is -0.477 e. The number of carboxylic acids is 1. The van der Waals surface area contributed by atoms with E-state index in [0.29, 0.717) is 43.0 Å². The molecule has 8 nitrogen and oxygen atoms in total. The Morgan fingerprint density at radius 1 is 1.02 bits per heavy atom. The molecule has 43 heavy (non-hydrogen) atoms. The van der Waals surface area contributed by atoms with Crippen molar-refractivity contribution in [2.24, 2.45) is 11.8 Å². The maximum Gasteiger partial charge on any atom is 0.348 e. The summed E-state index contributed by atoms with van der Waals surface area (Å²) in [6.07, 6.45) is 6.37. The van der Waals surface area contributed by atoms with E-state index in [0.717, 1.165) is 41.7 Å². The summed E-state index contributed by atoms with van der Waals surface area (Å²) in [6, 6.07) is 9.26. The van der Waals surface area contributed by atoms with Crippen molar-refractivity contribution in [1.82, 2.24) is 4.98 Å². The van der Waals surface area contributed by atoms with E-state index in [9.17, 15) is 24.1 Å². The van der Waals surface area contributed by atoms with Crippen LogP contribution < -0.4 is 4.90 Å². The summed E-state index contributed by atoms with van der Waals surface area (Å²) in [4.78, 5) is 46.1. The van der Waals surface area contributed by atoms with E-state index in [2.05, 4.69) is 11.9 Å². The maximum atomic E-state index is 14.2. The van der Waals surface area contributed by atoms with E-state index in [1.807, 2.05) is 30.3 Å². The van der Waals surface area contributed by atoms with Crippen LogP contribution in [0.25, 0.3) is 10.4 Å². The molecule has 0 saturated heterocycles. The molecule has 2 aliphatic rings. The number of rotatable bonds is 10. The zero-order valence-corrected chi connectivity index (χ0v) is 27.4. The quantitative estimate of drug-likeness (QED) is 0.176. The van der Waals surface area contributed by atoms with Crippen LogP contribution in [0, 0.1) is 11.8 Å². The Hall–Kier alpha value is -2.65. The van der Waals surface area contributed by atoms with Crippen LogP contribution in [0.3, 0.4) is 0 Å². The predicted molar refractivity (Wildman–Crippen MR) is 172 cm³/mol. The summed E-state index contributed by atoms with van der Waals surface area (Å²) in [5.41, 5.74) is 4.24. The van der Waals surface area contributed by atoms with Crippen molar-refractivity contribution in [3.8, 4) is 10.4 Å². The molecule has 0 spiro atoms. The third kappa shape index (κ3) is 7.90. The van der Waals surface area contributed by atoms with Crippen molar-refractivity contribution in [2.45, 2.75) is 76.9 Å². The summed E-state index contributed by atoms with van der Waals surface area (Å²) in [6.45, 7) is 5.46. The van der Waals surface area contributed by atoms with Crippen LogP contribution in [0.2, 0.25) is 0 Å². The van der Waals surface area contributed by atoms with Gasteiger partial charge in [0.25, 0.3) is 0 Å². The molecule has 2 aliphatic carbocycles. The first-order valence-electron chi connectivity index (χ1n) is 14.9. The number of ketones is 1. The first-order chi connectivity index (χ1) is 20.5. The number of nitrogens with zero attached hydrogens (tertiary/aromatic N) is 2. The normalized spacial score (nSPS) is 22.7. The summed E-state index contributed by atoms with van der Waals surface area (Å²) < 4.78 is 18.1. The molecule has 11 heteroatoms. The Balaban J connectivity index is 1.42. The number of anilines is 1. The molecule has 1 aromatic carbocycles. The Bertz CT molecular complexity index is 1480. The van der Waals surface area contributed by atoms with Gasteiger partial charge in [-0.05, 0) is 74.5 Å². The number of carboxylic acid groups (broad SMARTS) is 1. The lowest BCUT2D eigenvalue weighted by atomic mass is 9.81. The highest BCUT2D eigenvalue weighted by Gasteiger charge is 2.38. The van der Waals surface area contributed by atoms with Crippen LogP contribution in [0.1, 0.15) is 84.0 Å². The number of hydrogen-bond acceptors (Lipinski definition) is 8. The fourth-order valence-corrected chi connectivity index (χ4v) is 8.71. The maximum absolute atomic E-state index is 14.2. The topological polar surface area (TPSA) is 114 Å². The van der Waals surface area contributed by atoms with E-state index >= 15 is 0 Å². The lowest BCUT2D eigenvalue weighted by Crippen LogP contribution is -2.47. The van der Waals surface area contributed by atoms with Gasteiger partial charge in [-0.3, -0.25) is 14.2 Å². The average Bonchev–Trinajstić information content (AvgIpc) is 3.66. The highest BCUT2D eigenvalue weighted by atomic mass is 32.1. The Labute approximate surface area is 260 Å². The molecule has 2 fully saturated rings. The number of aromatic carboxylic acids is 1. The van der Waals surface area contributed by atoms with Crippen LogP contribution in [0.5, 0.6) is 0 Å². The highest BCUT2D eigenvalue weighted by Crippen LogP contribution is 2.45. The number of hydrogen-bond donors (Lipinski definition) is 1. The van der Waals surface area contributed by atoms with Crippen LogP contribution in [-0.4, -0.2) is 53.2 Å². The van der Waals surface area contributed by atoms with Gasteiger partial charge >= 0.3 is 5.97 Å². The zero-order valence-electron chi connectivity index (χ0n) is 24.9. The van der Waals surface area contributed by atoms with Crippen molar-refractivity contribution in [3.63, 3.8) is 0 Å². The van der Waals surface area contributed by atoms with Gasteiger partial charge in [0.1, 0.15) is 10.6 Å². The molecular weight excluding hydrogens is 603 g/mol. The third-order valence-electron chi connectivity index (χ3n) is 8.50. The fourth-order valence-electron chi connectivity index (χ4n) is 6.24. The Morgan fingerprint density at radius 2 is 1.70 bits per heavy atom. The number of carbonyl (C=O) groups is 3. The van der Waals surface area contributed by atoms with Crippen LogP contribution in [0.4, 0.5) is 5.69 Å². The van der Waals surface area contributed by atoms with E-state index in [-0.39, 0.29) is 41.1 Å². The number of carbonyl (C=O) groups excluding carboxylic acids is 2. The zero-order chi connectivity index (χ0) is 30.7. The van der Waals surface area contributed by atoms with Crippen LogP contribution in [0.15, 0.2) is 41.2 Å². The van der Waals surface area contributed by atoms with Gasteiger partial charge in [-0.25, -0.2) is 9.78 Å². The van der Waals surface area contributed by atoms with Crippen LogP contribution >= 0.6 is 30.0 Å². The number of amides is 1. The van der Waals surface area contributed by atoms with Gasteiger partial charge in [0, 0.05) is 42.0 Å².